The Kier molecular flexibility index (Phi) is 3.80. The van der Waals surface area contributed by atoms with E-state index in [0.717, 1.165) is 52.9 Å². The highest BCUT2D eigenvalue weighted by Gasteiger charge is 2.81. The van der Waals surface area contributed by atoms with Crippen LogP contribution in [0.2, 0.25) is 0 Å². The van der Waals surface area contributed by atoms with Crippen molar-refractivity contribution in [3.05, 3.63) is 120 Å². The Labute approximate surface area is 208 Å². The summed E-state index contributed by atoms with van der Waals surface area (Å²) in [5, 5.41) is 0. The third kappa shape index (κ3) is 2.24. The zero-order valence-electron chi connectivity index (χ0n) is 19.7. The number of ether oxygens (including phenoxy) is 1. The lowest BCUT2D eigenvalue weighted by atomic mass is 9.43. The van der Waals surface area contributed by atoms with Crippen LogP contribution in [-0.4, -0.2) is 11.4 Å². The molecule has 4 aliphatic rings. The van der Waals surface area contributed by atoms with E-state index in [1.165, 1.54) is 0 Å². The third-order valence-electron chi connectivity index (χ3n) is 8.82. The lowest BCUT2D eigenvalue weighted by Crippen LogP contribution is -2.66. The minimum atomic E-state index is -0.961. The summed E-state index contributed by atoms with van der Waals surface area (Å²) in [6.45, 7) is 0. The highest BCUT2D eigenvalue weighted by atomic mass is 16.5. The highest BCUT2D eigenvalue weighted by molar-refractivity contribution is 6.23. The molecule has 4 aromatic rings. The van der Waals surface area contributed by atoms with Gasteiger partial charge in [0.25, 0.3) is 0 Å². The number of carbonyl (C=O) groups excluding carboxylic acids is 1. The second kappa shape index (κ2) is 6.79. The average Bonchev–Trinajstić information content (AvgIpc) is 3.26. The van der Waals surface area contributed by atoms with Crippen LogP contribution in [0.4, 0.5) is 0 Å². The van der Waals surface area contributed by atoms with Crippen molar-refractivity contribution in [1.82, 2.24) is 0 Å². The fraction of sp³-hybridized carbons (Fsp3) is 0.219. The van der Waals surface area contributed by atoms with Crippen molar-refractivity contribution in [3.63, 3.8) is 0 Å². The zero-order chi connectivity index (χ0) is 24.0. The first-order valence-electron chi connectivity index (χ1n) is 12.6. The van der Waals surface area contributed by atoms with Gasteiger partial charge < -0.3 is 13.6 Å². The first-order chi connectivity index (χ1) is 17.7. The van der Waals surface area contributed by atoms with E-state index in [-0.39, 0.29) is 5.78 Å². The lowest BCUT2D eigenvalue weighted by Gasteiger charge is -2.59. The van der Waals surface area contributed by atoms with Crippen molar-refractivity contribution in [2.75, 3.05) is 0 Å². The highest BCUT2D eigenvalue weighted by Crippen LogP contribution is 2.80. The maximum Gasteiger partial charge on any atom is 0.188 e. The van der Waals surface area contributed by atoms with E-state index >= 15 is 0 Å². The van der Waals surface area contributed by atoms with Crippen molar-refractivity contribution in [3.8, 4) is 0 Å². The van der Waals surface area contributed by atoms with E-state index in [0.29, 0.717) is 17.9 Å². The van der Waals surface area contributed by atoms with Crippen LogP contribution in [0.1, 0.15) is 48.3 Å². The van der Waals surface area contributed by atoms with Gasteiger partial charge in [0, 0.05) is 11.1 Å². The molecule has 176 valence electrons. The molecule has 1 aliphatic heterocycles. The smallest absolute Gasteiger partial charge is 0.188 e. The second-order valence-corrected chi connectivity index (χ2v) is 10.4. The predicted octanol–water partition coefficient (Wildman–Crippen LogP) is 7.26. The molecule has 2 aromatic heterocycles. The zero-order valence-corrected chi connectivity index (χ0v) is 19.7. The van der Waals surface area contributed by atoms with Crippen LogP contribution in [0.5, 0.6) is 0 Å². The van der Waals surface area contributed by atoms with Gasteiger partial charge in [0.2, 0.25) is 0 Å². The molecule has 0 N–H and O–H groups in total. The van der Waals surface area contributed by atoms with Gasteiger partial charge in [-0.25, -0.2) is 0 Å². The molecule has 1 spiro atoms. The molecule has 4 heteroatoms. The number of Topliss-reactive ketones (excluding diaryl/α,β-unsaturated/α-hetero) is 1. The van der Waals surface area contributed by atoms with E-state index < -0.39 is 16.4 Å². The van der Waals surface area contributed by atoms with E-state index in [9.17, 15) is 4.79 Å². The fourth-order valence-corrected chi connectivity index (χ4v) is 7.19. The summed E-state index contributed by atoms with van der Waals surface area (Å²) in [6.07, 6.45) is 6.54. The van der Waals surface area contributed by atoms with Crippen molar-refractivity contribution < 1.29 is 18.4 Å². The Morgan fingerprint density at radius 2 is 1.19 bits per heavy atom. The maximum atomic E-state index is 14.7. The number of allylic oxidation sites excluding steroid dienone is 1. The molecular formula is C32H24O4. The van der Waals surface area contributed by atoms with Crippen LogP contribution in [0.25, 0.3) is 22.5 Å². The normalized spacial score (nSPS) is 27.5. The van der Waals surface area contributed by atoms with Crippen molar-refractivity contribution in [1.29, 1.82) is 0 Å². The number of benzene rings is 2. The van der Waals surface area contributed by atoms with Crippen LogP contribution < -0.4 is 0 Å². The first-order valence-corrected chi connectivity index (χ1v) is 12.6. The van der Waals surface area contributed by atoms with Crippen LogP contribution in [0, 0.1) is 10.8 Å². The molecule has 0 saturated heterocycles. The van der Waals surface area contributed by atoms with E-state index in [1.807, 2.05) is 48.5 Å². The maximum absolute atomic E-state index is 14.7. The molecular weight excluding hydrogens is 448 g/mol. The summed E-state index contributed by atoms with van der Waals surface area (Å²) in [6, 6.07) is 28.5. The molecule has 2 fully saturated rings. The van der Waals surface area contributed by atoms with Gasteiger partial charge in [0.05, 0.1) is 23.4 Å². The van der Waals surface area contributed by atoms with Gasteiger partial charge in [-0.15, -0.1) is 0 Å². The molecule has 3 aliphatic carbocycles. The molecule has 2 atom stereocenters. The van der Waals surface area contributed by atoms with Crippen LogP contribution in [-0.2, 0) is 9.53 Å². The summed E-state index contributed by atoms with van der Waals surface area (Å²) >= 11 is 0. The summed E-state index contributed by atoms with van der Waals surface area (Å²) < 4.78 is 19.0. The van der Waals surface area contributed by atoms with Gasteiger partial charge in [-0.3, -0.25) is 4.79 Å². The molecule has 2 unspecified atom stereocenters. The number of rotatable bonds is 4. The minimum absolute atomic E-state index is 0.213. The van der Waals surface area contributed by atoms with E-state index in [1.54, 1.807) is 12.5 Å². The quantitative estimate of drug-likeness (QED) is 0.314. The molecule has 8 rings (SSSR count). The molecule has 2 saturated carbocycles. The summed E-state index contributed by atoms with van der Waals surface area (Å²) in [5.74, 6) is 2.35. The molecule has 0 amide bonds. The summed E-state index contributed by atoms with van der Waals surface area (Å²) in [5.41, 5.74) is 3.19. The SMILES string of the molecule is O=C1C2(CC2)C(c2ccccc2)=C(c2ccco2)C23CCC12OC(c1ccco1)=C3c1ccccc1. The van der Waals surface area contributed by atoms with Crippen LogP contribution in [0.15, 0.2) is 106 Å². The van der Waals surface area contributed by atoms with E-state index in [4.69, 9.17) is 13.6 Å². The van der Waals surface area contributed by atoms with Crippen molar-refractivity contribution in [2.24, 2.45) is 10.8 Å². The fourth-order valence-electron chi connectivity index (χ4n) is 7.19. The summed E-state index contributed by atoms with van der Waals surface area (Å²) in [4.78, 5) is 14.7. The molecule has 0 bridgehead atoms. The average molecular weight is 473 g/mol. The Morgan fingerprint density at radius 3 is 1.72 bits per heavy atom. The topological polar surface area (TPSA) is 52.6 Å². The second-order valence-electron chi connectivity index (χ2n) is 10.4. The number of carbonyl (C=O) groups is 1. The van der Waals surface area contributed by atoms with Crippen LogP contribution in [0.3, 0.4) is 0 Å². The molecule has 3 heterocycles. The monoisotopic (exact) mass is 472 g/mol. The third-order valence-corrected chi connectivity index (χ3v) is 8.82. The van der Waals surface area contributed by atoms with Gasteiger partial charge in [0.1, 0.15) is 5.76 Å². The largest absolute Gasteiger partial charge is 0.474 e. The molecule has 2 aromatic carbocycles. The molecule has 0 radical (unpaired) electrons. The van der Waals surface area contributed by atoms with Gasteiger partial charge in [0.15, 0.2) is 22.9 Å². The van der Waals surface area contributed by atoms with Crippen molar-refractivity contribution >= 4 is 28.3 Å². The van der Waals surface area contributed by atoms with E-state index in [2.05, 4.69) is 36.4 Å². The van der Waals surface area contributed by atoms with Gasteiger partial charge in [-0.1, -0.05) is 60.7 Å². The Balaban J connectivity index is 1.53. The molecule has 4 nitrogen and oxygen atoms in total. The minimum Gasteiger partial charge on any atom is -0.474 e. The Hall–Kier alpha value is -4.05. The van der Waals surface area contributed by atoms with Gasteiger partial charge in [-0.05, 0) is 66.6 Å². The lowest BCUT2D eigenvalue weighted by molar-refractivity contribution is -0.160. The van der Waals surface area contributed by atoms with Crippen molar-refractivity contribution in [2.45, 2.75) is 31.3 Å². The number of ketones is 1. The first kappa shape index (κ1) is 20.2. The standard InChI is InChI=1S/C32H24O4/c33-29-30(15-16-30)25(21-9-3-1-4-10-21)27(23-13-7-19-34-23)31-17-18-32(29,31)36-28(24-14-8-20-35-24)26(31)22-11-5-2-6-12-22/h1-14,19-20H,15-18H2. The Bertz CT molecular complexity index is 1550. The summed E-state index contributed by atoms with van der Waals surface area (Å²) in [7, 11) is 0. The predicted molar refractivity (Wildman–Crippen MR) is 136 cm³/mol. The number of furan rings is 2. The number of hydrogen-bond donors (Lipinski definition) is 0. The van der Waals surface area contributed by atoms with Gasteiger partial charge >= 0.3 is 0 Å². The molecule has 36 heavy (non-hydrogen) atoms. The van der Waals surface area contributed by atoms with Crippen LogP contribution >= 0.6 is 0 Å². The Morgan fingerprint density at radius 1 is 0.583 bits per heavy atom. The van der Waals surface area contributed by atoms with Gasteiger partial charge in [-0.2, -0.15) is 0 Å². The number of hydrogen-bond acceptors (Lipinski definition) is 4.